The first kappa shape index (κ1) is 15.4. The maximum atomic E-state index is 5.64. The summed E-state index contributed by atoms with van der Waals surface area (Å²) < 4.78 is 5.64. The largest absolute Gasteiger partial charge is 0.493 e. The van der Waals surface area contributed by atoms with Gasteiger partial charge in [-0.15, -0.1) is 0 Å². The second-order valence-corrected chi connectivity index (χ2v) is 5.64. The lowest BCUT2D eigenvalue weighted by Crippen LogP contribution is -2.27. The standard InChI is InChI=1S/C16H21N3OS/c1-12(2)11-20-15-7-5-13(6-8-15)19-16(21)18-10-14-4-3-9-17-14/h3-9,12,17H,10-11H2,1-2H3,(H2,18,19,21). The number of aromatic amines is 1. The summed E-state index contributed by atoms with van der Waals surface area (Å²) in [5, 5.41) is 6.89. The van der Waals surface area contributed by atoms with Gasteiger partial charge in [0.15, 0.2) is 5.11 Å². The van der Waals surface area contributed by atoms with Crippen LogP contribution in [0.4, 0.5) is 5.69 Å². The average Bonchev–Trinajstić information content (AvgIpc) is 2.98. The van der Waals surface area contributed by atoms with Gasteiger partial charge in [-0.25, -0.2) is 0 Å². The van der Waals surface area contributed by atoms with Gasteiger partial charge in [0.05, 0.1) is 13.2 Å². The molecule has 4 nitrogen and oxygen atoms in total. The number of rotatable bonds is 6. The Morgan fingerprint density at radius 2 is 2.00 bits per heavy atom. The van der Waals surface area contributed by atoms with Crippen molar-refractivity contribution < 1.29 is 4.74 Å². The van der Waals surface area contributed by atoms with Crippen molar-refractivity contribution in [2.24, 2.45) is 5.92 Å². The molecule has 0 spiro atoms. The highest BCUT2D eigenvalue weighted by Crippen LogP contribution is 2.16. The molecule has 112 valence electrons. The van der Waals surface area contributed by atoms with Crippen molar-refractivity contribution >= 4 is 23.0 Å². The van der Waals surface area contributed by atoms with Gasteiger partial charge < -0.3 is 20.4 Å². The van der Waals surface area contributed by atoms with Gasteiger partial charge in [0.2, 0.25) is 0 Å². The molecule has 0 saturated heterocycles. The van der Waals surface area contributed by atoms with E-state index in [9.17, 15) is 0 Å². The van der Waals surface area contributed by atoms with Crippen molar-refractivity contribution in [1.29, 1.82) is 0 Å². The number of H-pyrrole nitrogens is 1. The normalized spacial score (nSPS) is 10.4. The molecule has 2 aromatic rings. The third-order valence-corrected chi connectivity index (χ3v) is 3.04. The minimum absolute atomic E-state index is 0.521. The van der Waals surface area contributed by atoms with Crippen molar-refractivity contribution in [3.8, 4) is 5.75 Å². The van der Waals surface area contributed by atoms with E-state index >= 15 is 0 Å². The van der Waals surface area contributed by atoms with E-state index in [0.717, 1.165) is 23.7 Å². The van der Waals surface area contributed by atoms with Crippen LogP contribution in [0.5, 0.6) is 5.75 Å². The van der Waals surface area contributed by atoms with Gasteiger partial charge in [-0.2, -0.15) is 0 Å². The van der Waals surface area contributed by atoms with Crippen molar-refractivity contribution in [3.05, 3.63) is 48.3 Å². The number of benzene rings is 1. The monoisotopic (exact) mass is 303 g/mol. The quantitative estimate of drug-likeness (QED) is 0.715. The van der Waals surface area contributed by atoms with Gasteiger partial charge >= 0.3 is 0 Å². The Morgan fingerprint density at radius 1 is 1.24 bits per heavy atom. The number of hydrogen-bond acceptors (Lipinski definition) is 2. The minimum atomic E-state index is 0.521. The van der Waals surface area contributed by atoms with Crippen LogP contribution in [0, 0.1) is 5.92 Å². The van der Waals surface area contributed by atoms with Crippen LogP contribution in [0.2, 0.25) is 0 Å². The molecule has 1 aromatic heterocycles. The van der Waals surface area contributed by atoms with Crippen LogP contribution in [0.15, 0.2) is 42.6 Å². The summed E-state index contributed by atoms with van der Waals surface area (Å²) in [6.07, 6.45) is 1.89. The lowest BCUT2D eigenvalue weighted by Gasteiger charge is -2.12. The van der Waals surface area contributed by atoms with E-state index < -0.39 is 0 Å². The summed E-state index contributed by atoms with van der Waals surface area (Å²) in [5.41, 5.74) is 2.03. The zero-order chi connectivity index (χ0) is 15.1. The molecule has 0 saturated carbocycles. The zero-order valence-electron chi connectivity index (χ0n) is 12.3. The van der Waals surface area contributed by atoms with Crippen LogP contribution in [-0.2, 0) is 6.54 Å². The molecule has 0 aliphatic rings. The van der Waals surface area contributed by atoms with E-state index in [-0.39, 0.29) is 0 Å². The van der Waals surface area contributed by atoms with Crippen LogP contribution < -0.4 is 15.4 Å². The van der Waals surface area contributed by atoms with Crippen LogP contribution in [0.25, 0.3) is 0 Å². The Hall–Kier alpha value is -2.01. The maximum Gasteiger partial charge on any atom is 0.171 e. The average molecular weight is 303 g/mol. The topological polar surface area (TPSA) is 49.1 Å². The van der Waals surface area contributed by atoms with E-state index in [1.165, 1.54) is 0 Å². The van der Waals surface area contributed by atoms with Crippen molar-refractivity contribution in [2.75, 3.05) is 11.9 Å². The minimum Gasteiger partial charge on any atom is -0.493 e. The van der Waals surface area contributed by atoms with E-state index in [4.69, 9.17) is 17.0 Å². The molecule has 0 unspecified atom stereocenters. The number of thiocarbonyl (C=S) groups is 1. The molecular formula is C16H21N3OS. The number of aromatic nitrogens is 1. The fourth-order valence-electron chi connectivity index (χ4n) is 1.73. The van der Waals surface area contributed by atoms with Gasteiger partial charge in [0, 0.05) is 17.6 Å². The third kappa shape index (κ3) is 5.47. The van der Waals surface area contributed by atoms with Gasteiger partial charge in [0.25, 0.3) is 0 Å². The predicted octanol–water partition coefficient (Wildman–Crippen LogP) is 3.54. The van der Waals surface area contributed by atoms with Crippen LogP contribution in [-0.4, -0.2) is 16.7 Å². The molecule has 1 aromatic carbocycles. The number of anilines is 1. The zero-order valence-corrected chi connectivity index (χ0v) is 13.2. The van der Waals surface area contributed by atoms with Gasteiger partial charge in [-0.3, -0.25) is 0 Å². The van der Waals surface area contributed by atoms with E-state index in [0.29, 0.717) is 17.6 Å². The SMILES string of the molecule is CC(C)COc1ccc(NC(=S)NCc2ccc[nH]2)cc1. The van der Waals surface area contributed by atoms with E-state index in [2.05, 4.69) is 29.5 Å². The summed E-state index contributed by atoms with van der Waals surface area (Å²) in [5.74, 6) is 1.40. The second-order valence-electron chi connectivity index (χ2n) is 5.23. The molecular weight excluding hydrogens is 282 g/mol. The van der Waals surface area contributed by atoms with Crippen molar-refractivity contribution in [3.63, 3.8) is 0 Å². The third-order valence-electron chi connectivity index (χ3n) is 2.80. The van der Waals surface area contributed by atoms with Crippen molar-refractivity contribution in [2.45, 2.75) is 20.4 Å². The summed E-state index contributed by atoms with van der Waals surface area (Å²) in [4.78, 5) is 3.12. The summed E-state index contributed by atoms with van der Waals surface area (Å²) in [6, 6.07) is 11.8. The fraction of sp³-hybridized carbons (Fsp3) is 0.312. The van der Waals surface area contributed by atoms with E-state index in [1.807, 2.05) is 42.6 Å². The number of hydrogen-bond donors (Lipinski definition) is 3. The predicted molar refractivity (Wildman–Crippen MR) is 90.6 cm³/mol. The molecule has 0 amide bonds. The highest BCUT2D eigenvalue weighted by Gasteiger charge is 2.00. The highest BCUT2D eigenvalue weighted by molar-refractivity contribution is 7.80. The van der Waals surface area contributed by atoms with Gasteiger partial charge in [0.1, 0.15) is 5.75 Å². The summed E-state index contributed by atoms with van der Waals surface area (Å²) in [6.45, 7) is 5.66. The molecule has 0 aliphatic carbocycles. The summed E-state index contributed by atoms with van der Waals surface area (Å²) in [7, 11) is 0. The first-order valence-corrected chi connectivity index (χ1v) is 7.44. The molecule has 5 heteroatoms. The number of nitrogens with one attached hydrogen (secondary N) is 3. The van der Waals surface area contributed by atoms with Crippen LogP contribution in [0.3, 0.4) is 0 Å². The number of ether oxygens (including phenoxy) is 1. The first-order chi connectivity index (χ1) is 10.1. The van der Waals surface area contributed by atoms with Crippen LogP contribution in [0.1, 0.15) is 19.5 Å². The Kier molecular flexibility index (Phi) is 5.63. The lowest BCUT2D eigenvalue weighted by atomic mass is 10.2. The molecule has 0 atom stereocenters. The van der Waals surface area contributed by atoms with E-state index in [1.54, 1.807) is 0 Å². The smallest absolute Gasteiger partial charge is 0.171 e. The maximum absolute atomic E-state index is 5.64. The lowest BCUT2D eigenvalue weighted by molar-refractivity contribution is 0.271. The van der Waals surface area contributed by atoms with Crippen molar-refractivity contribution in [1.82, 2.24) is 10.3 Å². The molecule has 0 bridgehead atoms. The Bertz CT molecular complexity index is 549. The van der Waals surface area contributed by atoms with Gasteiger partial charge in [-0.05, 0) is 54.5 Å². The Balaban J connectivity index is 1.78. The molecule has 0 fully saturated rings. The fourth-order valence-corrected chi connectivity index (χ4v) is 1.92. The highest BCUT2D eigenvalue weighted by atomic mass is 32.1. The Morgan fingerprint density at radius 3 is 2.62 bits per heavy atom. The first-order valence-electron chi connectivity index (χ1n) is 7.03. The molecule has 0 radical (unpaired) electrons. The molecule has 2 rings (SSSR count). The van der Waals surface area contributed by atoms with Gasteiger partial charge in [-0.1, -0.05) is 13.8 Å². The molecule has 1 heterocycles. The second kappa shape index (κ2) is 7.69. The molecule has 3 N–H and O–H groups in total. The molecule has 21 heavy (non-hydrogen) atoms. The molecule has 0 aliphatic heterocycles. The summed E-state index contributed by atoms with van der Waals surface area (Å²) >= 11 is 5.26. The Labute approximate surface area is 130 Å². The van der Waals surface area contributed by atoms with Crippen LogP contribution >= 0.6 is 12.2 Å².